The highest BCUT2D eigenvalue weighted by Crippen LogP contribution is 2.35. The Hall–Kier alpha value is -3.48. The van der Waals surface area contributed by atoms with Gasteiger partial charge in [0.15, 0.2) is 18.1 Å². The number of anilines is 2. The molecule has 0 atom stereocenters. The van der Waals surface area contributed by atoms with E-state index >= 15 is 0 Å². The van der Waals surface area contributed by atoms with Crippen molar-refractivity contribution in [2.75, 3.05) is 30.2 Å². The minimum atomic E-state index is -0.280. The van der Waals surface area contributed by atoms with E-state index in [-0.39, 0.29) is 25.2 Å². The summed E-state index contributed by atoms with van der Waals surface area (Å²) >= 11 is 0. The molecular formula is C19H16N2O5. The standard InChI is InChI=1S/C19H16N2O5/c1-2-7-21-14-5-4-13(9-16(14)24-10-18(21)22)20-19(23)12-3-6-15-17(8-12)26-11-25-15/h2-6,8-9H,1,7,10-11H2,(H,20,23). The molecule has 7 nitrogen and oxygen atoms in total. The number of ether oxygens (including phenoxy) is 3. The van der Waals surface area contributed by atoms with Crippen LogP contribution in [0.4, 0.5) is 11.4 Å². The molecule has 2 amide bonds. The third kappa shape index (κ3) is 2.83. The van der Waals surface area contributed by atoms with Crippen LogP contribution in [0.1, 0.15) is 10.4 Å². The predicted octanol–water partition coefficient (Wildman–Crippen LogP) is 2.58. The number of hydrogen-bond acceptors (Lipinski definition) is 5. The Labute approximate surface area is 149 Å². The first kappa shape index (κ1) is 16.0. The Balaban J connectivity index is 1.55. The smallest absolute Gasteiger partial charge is 0.265 e. The van der Waals surface area contributed by atoms with E-state index in [1.54, 1.807) is 47.4 Å². The van der Waals surface area contributed by atoms with Gasteiger partial charge in [-0.05, 0) is 30.3 Å². The first-order chi connectivity index (χ1) is 12.7. The maximum Gasteiger partial charge on any atom is 0.265 e. The number of amides is 2. The van der Waals surface area contributed by atoms with Gasteiger partial charge < -0.3 is 24.4 Å². The predicted molar refractivity (Wildman–Crippen MR) is 95.0 cm³/mol. The van der Waals surface area contributed by atoms with Gasteiger partial charge in [0.2, 0.25) is 6.79 Å². The third-order valence-electron chi connectivity index (χ3n) is 4.11. The summed E-state index contributed by atoms with van der Waals surface area (Å²) in [6, 6.07) is 10.2. The molecule has 2 aliphatic heterocycles. The first-order valence-electron chi connectivity index (χ1n) is 8.05. The summed E-state index contributed by atoms with van der Waals surface area (Å²) in [6.07, 6.45) is 1.66. The van der Waals surface area contributed by atoms with Crippen molar-refractivity contribution in [1.82, 2.24) is 0 Å². The number of fused-ring (bicyclic) bond motifs is 2. The maximum absolute atomic E-state index is 12.5. The van der Waals surface area contributed by atoms with Gasteiger partial charge in [0.25, 0.3) is 11.8 Å². The number of hydrogen-bond donors (Lipinski definition) is 1. The quantitative estimate of drug-likeness (QED) is 0.856. The van der Waals surface area contributed by atoms with Crippen LogP contribution in [0.2, 0.25) is 0 Å². The monoisotopic (exact) mass is 352 g/mol. The van der Waals surface area contributed by atoms with Crippen LogP contribution >= 0.6 is 0 Å². The summed E-state index contributed by atoms with van der Waals surface area (Å²) < 4.78 is 16.0. The van der Waals surface area contributed by atoms with E-state index in [2.05, 4.69) is 11.9 Å². The van der Waals surface area contributed by atoms with E-state index in [9.17, 15) is 9.59 Å². The molecule has 0 radical (unpaired) electrons. The van der Waals surface area contributed by atoms with E-state index in [0.717, 1.165) is 0 Å². The van der Waals surface area contributed by atoms with Crippen molar-refractivity contribution in [2.24, 2.45) is 0 Å². The van der Waals surface area contributed by atoms with Crippen LogP contribution in [0.5, 0.6) is 17.2 Å². The van der Waals surface area contributed by atoms with Crippen LogP contribution in [-0.2, 0) is 4.79 Å². The Morgan fingerprint density at radius 1 is 1.12 bits per heavy atom. The molecule has 2 aromatic carbocycles. The second-order valence-electron chi connectivity index (χ2n) is 5.79. The number of benzene rings is 2. The first-order valence-corrected chi connectivity index (χ1v) is 8.05. The topological polar surface area (TPSA) is 77.1 Å². The van der Waals surface area contributed by atoms with Crippen LogP contribution in [0.3, 0.4) is 0 Å². The van der Waals surface area contributed by atoms with Gasteiger partial charge in [-0.2, -0.15) is 0 Å². The summed E-state index contributed by atoms with van der Waals surface area (Å²) in [5, 5.41) is 2.82. The van der Waals surface area contributed by atoms with Crippen molar-refractivity contribution >= 4 is 23.2 Å². The van der Waals surface area contributed by atoms with Gasteiger partial charge in [0.05, 0.1) is 5.69 Å². The summed E-state index contributed by atoms with van der Waals surface area (Å²) in [5.41, 5.74) is 1.68. The van der Waals surface area contributed by atoms with E-state index < -0.39 is 0 Å². The third-order valence-corrected chi connectivity index (χ3v) is 4.11. The molecule has 0 saturated carbocycles. The zero-order valence-corrected chi connectivity index (χ0v) is 13.9. The van der Waals surface area contributed by atoms with Crippen LogP contribution in [0.25, 0.3) is 0 Å². The van der Waals surface area contributed by atoms with Crippen LogP contribution < -0.4 is 24.4 Å². The van der Waals surface area contributed by atoms with Crippen LogP contribution in [-0.4, -0.2) is 31.8 Å². The van der Waals surface area contributed by atoms with Gasteiger partial charge >= 0.3 is 0 Å². The van der Waals surface area contributed by atoms with Crippen molar-refractivity contribution in [3.63, 3.8) is 0 Å². The molecule has 0 unspecified atom stereocenters. The second kappa shape index (κ2) is 6.44. The van der Waals surface area contributed by atoms with Crippen LogP contribution in [0.15, 0.2) is 49.1 Å². The molecule has 0 aromatic heterocycles. The number of carbonyl (C=O) groups is 2. The lowest BCUT2D eigenvalue weighted by atomic mass is 10.1. The highest BCUT2D eigenvalue weighted by Gasteiger charge is 2.25. The van der Waals surface area contributed by atoms with E-state index in [0.29, 0.717) is 40.7 Å². The molecule has 1 N–H and O–H groups in total. The zero-order chi connectivity index (χ0) is 18.1. The van der Waals surface area contributed by atoms with Gasteiger partial charge in [-0.1, -0.05) is 6.08 Å². The normalized spacial score (nSPS) is 14.5. The molecule has 7 heteroatoms. The molecule has 26 heavy (non-hydrogen) atoms. The minimum Gasteiger partial charge on any atom is -0.481 e. The SMILES string of the molecule is C=CCN1C(=O)COc2cc(NC(=O)c3ccc4c(c3)OCO4)ccc21. The van der Waals surface area contributed by atoms with Gasteiger partial charge in [0.1, 0.15) is 5.75 Å². The largest absolute Gasteiger partial charge is 0.481 e. The molecule has 2 heterocycles. The highest BCUT2D eigenvalue weighted by atomic mass is 16.7. The van der Waals surface area contributed by atoms with Crippen molar-refractivity contribution < 1.29 is 23.8 Å². The lowest BCUT2D eigenvalue weighted by molar-refractivity contribution is -0.121. The molecule has 0 bridgehead atoms. The van der Waals surface area contributed by atoms with Crippen molar-refractivity contribution in [3.05, 3.63) is 54.6 Å². The molecule has 2 aliphatic rings. The van der Waals surface area contributed by atoms with Gasteiger partial charge in [-0.15, -0.1) is 6.58 Å². The van der Waals surface area contributed by atoms with Gasteiger partial charge in [-0.3, -0.25) is 9.59 Å². The van der Waals surface area contributed by atoms with E-state index in [1.807, 2.05) is 0 Å². The van der Waals surface area contributed by atoms with Gasteiger partial charge in [-0.25, -0.2) is 0 Å². The Kier molecular flexibility index (Phi) is 3.96. The molecule has 2 aromatic rings. The molecule has 4 rings (SSSR count). The zero-order valence-electron chi connectivity index (χ0n) is 13.9. The van der Waals surface area contributed by atoms with E-state index in [1.165, 1.54) is 0 Å². The summed E-state index contributed by atoms with van der Waals surface area (Å²) in [7, 11) is 0. The van der Waals surface area contributed by atoms with Gasteiger partial charge in [0, 0.05) is 23.9 Å². The number of carbonyl (C=O) groups excluding carboxylic acids is 2. The second-order valence-corrected chi connectivity index (χ2v) is 5.79. The fourth-order valence-electron chi connectivity index (χ4n) is 2.85. The number of nitrogens with one attached hydrogen (secondary N) is 1. The van der Waals surface area contributed by atoms with E-state index in [4.69, 9.17) is 14.2 Å². The summed E-state index contributed by atoms with van der Waals surface area (Å²) in [5.74, 6) is 1.29. The van der Waals surface area contributed by atoms with Crippen molar-refractivity contribution in [1.29, 1.82) is 0 Å². The Morgan fingerprint density at radius 2 is 1.96 bits per heavy atom. The fourth-order valence-corrected chi connectivity index (χ4v) is 2.85. The highest BCUT2D eigenvalue weighted by molar-refractivity contribution is 6.05. The average Bonchev–Trinajstić information content (AvgIpc) is 3.12. The molecule has 0 spiro atoms. The molecule has 0 fully saturated rings. The lowest BCUT2D eigenvalue weighted by Gasteiger charge is -2.28. The summed E-state index contributed by atoms with van der Waals surface area (Å²) in [6.45, 7) is 4.18. The lowest BCUT2D eigenvalue weighted by Crippen LogP contribution is -2.38. The minimum absolute atomic E-state index is 0.0413. The van der Waals surface area contributed by atoms with Crippen molar-refractivity contribution in [2.45, 2.75) is 0 Å². The maximum atomic E-state index is 12.5. The Bertz CT molecular complexity index is 909. The average molecular weight is 352 g/mol. The van der Waals surface area contributed by atoms with Crippen LogP contribution in [0, 0.1) is 0 Å². The fraction of sp³-hybridized carbons (Fsp3) is 0.158. The van der Waals surface area contributed by atoms with Crippen molar-refractivity contribution in [3.8, 4) is 17.2 Å². The number of rotatable bonds is 4. The molecular weight excluding hydrogens is 336 g/mol. The molecule has 0 aliphatic carbocycles. The molecule has 132 valence electrons. The number of nitrogens with zero attached hydrogens (tertiary/aromatic N) is 1. The Morgan fingerprint density at radius 3 is 2.81 bits per heavy atom. The summed E-state index contributed by atoms with van der Waals surface area (Å²) in [4.78, 5) is 26.0. The molecule has 0 saturated heterocycles.